The van der Waals surface area contributed by atoms with Crippen molar-refractivity contribution in [2.45, 2.75) is 45.8 Å². The maximum Gasteiger partial charge on any atom is 0.126 e. The predicted molar refractivity (Wildman–Crippen MR) is 85.5 cm³/mol. The maximum atomic E-state index is 14.0. The van der Waals surface area contributed by atoms with Gasteiger partial charge in [0.05, 0.1) is 6.10 Å². The van der Waals surface area contributed by atoms with Gasteiger partial charge in [-0.3, -0.25) is 0 Å². The van der Waals surface area contributed by atoms with Gasteiger partial charge < -0.3 is 15.0 Å². The summed E-state index contributed by atoms with van der Waals surface area (Å²) in [5.41, 5.74) is 2.89. The second kappa shape index (κ2) is 7.23. The van der Waals surface area contributed by atoms with E-state index in [9.17, 15) is 4.39 Å². The molecule has 0 aromatic heterocycles. The molecule has 0 saturated carbocycles. The van der Waals surface area contributed by atoms with Crippen molar-refractivity contribution in [1.82, 2.24) is 5.32 Å². The minimum Gasteiger partial charge on any atom is -0.380 e. The summed E-state index contributed by atoms with van der Waals surface area (Å²) in [6.45, 7) is 8.76. The van der Waals surface area contributed by atoms with E-state index in [2.05, 4.69) is 24.1 Å². The Morgan fingerprint density at radius 3 is 2.90 bits per heavy atom. The Morgan fingerprint density at radius 2 is 2.24 bits per heavy atom. The van der Waals surface area contributed by atoms with Gasteiger partial charge in [0.2, 0.25) is 0 Å². The SMILES string of the molecule is CCNC(C)c1cc(F)c(C)cc1N1CCCC(OC)C1. The van der Waals surface area contributed by atoms with Gasteiger partial charge >= 0.3 is 0 Å². The lowest BCUT2D eigenvalue weighted by atomic mass is 9.99. The van der Waals surface area contributed by atoms with Crippen LogP contribution in [0.25, 0.3) is 0 Å². The maximum absolute atomic E-state index is 14.0. The van der Waals surface area contributed by atoms with Crippen molar-refractivity contribution in [1.29, 1.82) is 0 Å². The number of hydrogen-bond acceptors (Lipinski definition) is 3. The van der Waals surface area contributed by atoms with Gasteiger partial charge in [0.1, 0.15) is 5.82 Å². The van der Waals surface area contributed by atoms with E-state index in [0.717, 1.165) is 43.7 Å². The molecule has 2 rings (SSSR count). The molecular weight excluding hydrogens is 267 g/mol. The summed E-state index contributed by atoms with van der Waals surface area (Å²) in [5.74, 6) is -0.126. The summed E-state index contributed by atoms with van der Waals surface area (Å²) in [7, 11) is 1.77. The van der Waals surface area contributed by atoms with Crippen LogP contribution in [-0.4, -0.2) is 32.8 Å². The Hall–Kier alpha value is -1.13. The second-order valence-corrected chi connectivity index (χ2v) is 5.89. The Kier molecular flexibility index (Phi) is 5.59. The molecule has 0 spiro atoms. The van der Waals surface area contributed by atoms with Crippen LogP contribution < -0.4 is 10.2 Å². The molecule has 118 valence electrons. The monoisotopic (exact) mass is 294 g/mol. The van der Waals surface area contributed by atoms with Crippen molar-refractivity contribution >= 4 is 5.69 Å². The fourth-order valence-electron chi connectivity index (χ4n) is 3.07. The molecule has 4 heteroatoms. The van der Waals surface area contributed by atoms with Crippen LogP contribution in [0.1, 0.15) is 43.9 Å². The number of piperidine rings is 1. The van der Waals surface area contributed by atoms with Crippen molar-refractivity contribution in [2.24, 2.45) is 0 Å². The molecule has 1 N–H and O–H groups in total. The van der Waals surface area contributed by atoms with Gasteiger partial charge in [-0.15, -0.1) is 0 Å². The number of anilines is 1. The molecule has 1 heterocycles. The lowest BCUT2D eigenvalue weighted by Crippen LogP contribution is -2.40. The van der Waals surface area contributed by atoms with Crippen molar-refractivity contribution in [3.63, 3.8) is 0 Å². The topological polar surface area (TPSA) is 24.5 Å². The van der Waals surface area contributed by atoms with E-state index in [0.29, 0.717) is 5.56 Å². The van der Waals surface area contributed by atoms with Crippen LogP contribution in [0, 0.1) is 12.7 Å². The highest BCUT2D eigenvalue weighted by atomic mass is 19.1. The predicted octanol–water partition coefficient (Wildman–Crippen LogP) is 3.42. The molecule has 0 bridgehead atoms. The molecule has 2 unspecified atom stereocenters. The standard InChI is InChI=1S/C17H27FN2O/c1-5-19-13(3)15-10-16(18)12(2)9-17(15)20-8-6-7-14(11-20)21-4/h9-10,13-14,19H,5-8,11H2,1-4H3. The molecule has 0 amide bonds. The van der Waals surface area contributed by atoms with Crippen molar-refractivity contribution < 1.29 is 9.13 Å². The fourth-order valence-corrected chi connectivity index (χ4v) is 3.07. The van der Waals surface area contributed by atoms with Crippen LogP contribution in [-0.2, 0) is 4.74 Å². The summed E-state index contributed by atoms with van der Waals surface area (Å²) in [4.78, 5) is 2.34. The van der Waals surface area contributed by atoms with E-state index in [-0.39, 0.29) is 18.0 Å². The van der Waals surface area contributed by atoms with E-state index in [4.69, 9.17) is 4.74 Å². The number of benzene rings is 1. The first kappa shape index (κ1) is 16.2. The third kappa shape index (κ3) is 3.74. The zero-order valence-corrected chi connectivity index (χ0v) is 13.6. The molecule has 3 nitrogen and oxygen atoms in total. The van der Waals surface area contributed by atoms with Gasteiger partial charge in [-0.05, 0) is 56.5 Å². The number of rotatable bonds is 5. The Labute approximate surface area is 127 Å². The molecule has 21 heavy (non-hydrogen) atoms. The molecule has 2 atom stereocenters. The molecule has 1 fully saturated rings. The molecule has 1 saturated heterocycles. The zero-order chi connectivity index (χ0) is 15.4. The molecule has 1 aromatic carbocycles. The van der Waals surface area contributed by atoms with Crippen LogP contribution in [0.5, 0.6) is 0 Å². The highest BCUT2D eigenvalue weighted by molar-refractivity contribution is 5.57. The lowest BCUT2D eigenvalue weighted by molar-refractivity contribution is 0.0893. The first-order chi connectivity index (χ1) is 10.1. The van der Waals surface area contributed by atoms with Crippen molar-refractivity contribution in [2.75, 3.05) is 31.6 Å². The highest BCUT2D eigenvalue weighted by Crippen LogP contribution is 2.31. The number of nitrogens with zero attached hydrogens (tertiary/aromatic N) is 1. The number of ether oxygens (including phenoxy) is 1. The van der Waals surface area contributed by atoms with Crippen LogP contribution in [0.4, 0.5) is 10.1 Å². The molecule has 1 aliphatic rings. The zero-order valence-electron chi connectivity index (χ0n) is 13.6. The molecular formula is C17H27FN2O. The summed E-state index contributed by atoms with van der Waals surface area (Å²) < 4.78 is 19.5. The molecule has 1 aromatic rings. The smallest absolute Gasteiger partial charge is 0.126 e. The molecule has 0 radical (unpaired) electrons. The van der Waals surface area contributed by atoms with Crippen LogP contribution >= 0.6 is 0 Å². The van der Waals surface area contributed by atoms with Crippen molar-refractivity contribution in [3.8, 4) is 0 Å². The summed E-state index contributed by atoms with van der Waals surface area (Å²) in [5, 5.41) is 3.39. The number of halogens is 1. The van der Waals surface area contributed by atoms with Gasteiger partial charge in [-0.1, -0.05) is 6.92 Å². The van der Waals surface area contributed by atoms with E-state index >= 15 is 0 Å². The molecule has 1 aliphatic heterocycles. The average molecular weight is 294 g/mol. The van der Waals surface area contributed by atoms with E-state index in [1.54, 1.807) is 13.2 Å². The lowest BCUT2D eigenvalue weighted by Gasteiger charge is -2.36. The minimum atomic E-state index is -0.126. The normalized spacial score (nSPS) is 20.6. The van der Waals surface area contributed by atoms with Gasteiger partial charge in [0.15, 0.2) is 0 Å². The number of methoxy groups -OCH3 is 1. The first-order valence-electron chi connectivity index (χ1n) is 7.88. The van der Waals surface area contributed by atoms with Crippen LogP contribution in [0.3, 0.4) is 0 Å². The van der Waals surface area contributed by atoms with Gasteiger partial charge in [-0.2, -0.15) is 0 Å². The Bertz CT molecular complexity index is 478. The van der Waals surface area contributed by atoms with Crippen LogP contribution in [0.2, 0.25) is 0 Å². The number of aryl methyl sites for hydroxylation is 1. The fraction of sp³-hybridized carbons (Fsp3) is 0.647. The second-order valence-electron chi connectivity index (χ2n) is 5.89. The molecule has 0 aliphatic carbocycles. The summed E-state index contributed by atoms with van der Waals surface area (Å²) in [6.07, 6.45) is 2.49. The number of nitrogens with one attached hydrogen (secondary N) is 1. The average Bonchev–Trinajstić information content (AvgIpc) is 2.49. The summed E-state index contributed by atoms with van der Waals surface area (Å²) >= 11 is 0. The largest absolute Gasteiger partial charge is 0.380 e. The van der Waals surface area contributed by atoms with E-state index in [1.165, 1.54) is 0 Å². The van der Waals surface area contributed by atoms with Gasteiger partial charge in [0.25, 0.3) is 0 Å². The van der Waals surface area contributed by atoms with Crippen LogP contribution in [0.15, 0.2) is 12.1 Å². The number of hydrogen-bond donors (Lipinski definition) is 1. The minimum absolute atomic E-state index is 0.126. The van der Waals surface area contributed by atoms with E-state index < -0.39 is 0 Å². The van der Waals surface area contributed by atoms with E-state index in [1.807, 2.05) is 13.0 Å². The van der Waals surface area contributed by atoms with Gasteiger partial charge in [-0.25, -0.2) is 4.39 Å². The third-order valence-electron chi connectivity index (χ3n) is 4.34. The quantitative estimate of drug-likeness (QED) is 0.900. The summed E-state index contributed by atoms with van der Waals surface area (Å²) in [6, 6.07) is 3.81. The van der Waals surface area contributed by atoms with Crippen molar-refractivity contribution in [3.05, 3.63) is 29.1 Å². The Balaban J connectivity index is 2.33. The highest BCUT2D eigenvalue weighted by Gasteiger charge is 2.23. The van der Waals surface area contributed by atoms with Gasteiger partial charge in [0, 0.05) is 31.9 Å². The third-order valence-corrected chi connectivity index (χ3v) is 4.34. The first-order valence-corrected chi connectivity index (χ1v) is 7.88. The Morgan fingerprint density at radius 1 is 1.48 bits per heavy atom.